The van der Waals surface area contributed by atoms with Crippen molar-refractivity contribution in [3.8, 4) is 0 Å². The molecule has 4 atom stereocenters. The van der Waals surface area contributed by atoms with Crippen molar-refractivity contribution in [1.29, 1.82) is 0 Å². The Morgan fingerprint density at radius 3 is 1.71 bits per heavy atom. The molecule has 0 radical (unpaired) electrons. The van der Waals surface area contributed by atoms with Gasteiger partial charge in [-0.05, 0) is 138 Å². The Bertz CT molecular complexity index is 2440. The molecular formula is C42H57Cl2IN12O2S3. The van der Waals surface area contributed by atoms with Crippen LogP contribution in [0.1, 0.15) is 106 Å². The fourth-order valence-electron chi connectivity index (χ4n) is 9.54. The van der Waals surface area contributed by atoms with E-state index in [-0.39, 0.29) is 20.3 Å². The van der Waals surface area contributed by atoms with Crippen molar-refractivity contribution >= 4 is 103 Å². The van der Waals surface area contributed by atoms with Crippen LogP contribution < -0.4 is 19.2 Å². The second kappa shape index (κ2) is 18.6. The molecular weight excluding hydrogens is 999 g/mol. The number of fused-ring (bicyclic) bond motifs is 2. The molecule has 2 aliphatic carbocycles. The zero-order valence-electron chi connectivity index (χ0n) is 36.2. The Hall–Kier alpha value is -2.20. The van der Waals surface area contributed by atoms with E-state index < -0.39 is 22.0 Å². The SMILES string of the molecule is CC(C)(C)[S@@](=O)N[C@@H]1CCCC12CCN(c1ncc(I)c3nncn13)CC2.CC(C)(C)[S@@](=O)N[C@@H]1CCCC12CCN(c1ncc(Sc3cccc(Cl)c3Cl)c3nncn13)CC2. The summed E-state index contributed by atoms with van der Waals surface area (Å²) in [7, 11) is -2.07. The van der Waals surface area contributed by atoms with Crippen LogP contribution in [-0.4, -0.2) is 95.3 Å². The third-order valence-electron chi connectivity index (χ3n) is 13.2. The van der Waals surface area contributed by atoms with Crippen LogP contribution in [0.5, 0.6) is 0 Å². The van der Waals surface area contributed by atoms with E-state index in [2.05, 4.69) is 67.2 Å². The molecule has 2 aliphatic heterocycles. The third-order valence-corrected chi connectivity index (χ3v) is 19.2. The van der Waals surface area contributed by atoms with Crippen molar-refractivity contribution in [3.63, 3.8) is 0 Å². The largest absolute Gasteiger partial charge is 0.342 e. The van der Waals surface area contributed by atoms with Crippen molar-refractivity contribution in [2.75, 3.05) is 36.0 Å². The summed E-state index contributed by atoms with van der Waals surface area (Å²) in [6.45, 7) is 15.9. The van der Waals surface area contributed by atoms with Crippen LogP contribution in [0.25, 0.3) is 11.3 Å². The highest BCUT2D eigenvalue weighted by Gasteiger charge is 2.48. The van der Waals surface area contributed by atoms with E-state index in [1.807, 2.05) is 74.9 Å². The Balaban J connectivity index is 0.000000176. The normalized spacial score (nSPS) is 22.4. The highest BCUT2D eigenvalue weighted by Crippen LogP contribution is 2.49. The van der Waals surface area contributed by atoms with E-state index in [0.29, 0.717) is 22.1 Å². The number of nitrogens with one attached hydrogen (secondary N) is 2. The number of hydrogen-bond acceptors (Lipinski definition) is 11. The van der Waals surface area contributed by atoms with Crippen molar-refractivity contribution < 1.29 is 8.42 Å². The summed E-state index contributed by atoms with van der Waals surface area (Å²) < 4.78 is 36.9. The van der Waals surface area contributed by atoms with Crippen LogP contribution in [0.3, 0.4) is 0 Å². The average molecular weight is 1060 g/mol. The van der Waals surface area contributed by atoms with Gasteiger partial charge in [0.1, 0.15) is 12.7 Å². The van der Waals surface area contributed by atoms with Crippen molar-refractivity contribution in [2.45, 2.75) is 137 Å². The van der Waals surface area contributed by atoms with Gasteiger partial charge in [-0.1, -0.05) is 53.9 Å². The maximum absolute atomic E-state index is 12.8. The van der Waals surface area contributed by atoms with E-state index >= 15 is 0 Å². The molecule has 2 saturated heterocycles. The highest BCUT2D eigenvalue weighted by molar-refractivity contribution is 14.1. The topological polar surface area (TPSA) is 151 Å². The Labute approximate surface area is 397 Å². The van der Waals surface area contributed by atoms with E-state index in [9.17, 15) is 8.42 Å². The Morgan fingerprint density at radius 2 is 1.19 bits per heavy atom. The molecule has 0 unspecified atom stereocenters. The molecule has 5 aromatic rings. The number of hydrogen-bond donors (Lipinski definition) is 2. The molecule has 14 nitrogen and oxygen atoms in total. The predicted molar refractivity (Wildman–Crippen MR) is 260 cm³/mol. The van der Waals surface area contributed by atoms with Crippen molar-refractivity contribution in [1.82, 2.24) is 48.6 Å². The van der Waals surface area contributed by atoms with Gasteiger partial charge in [0.25, 0.3) is 0 Å². The number of piperidine rings is 2. The molecule has 4 fully saturated rings. The molecule has 4 aromatic heterocycles. The Kier molecular flexibility index (Phi) is 13.9. The second-order valence-electron chi connectivity index (χ2n) is 19.1. The molecule has 62 heavy (non-hydrogen) atoms. The zero-order valence-corrected chi connectivity index (χ0v) is 42.4. The first-order chi connectivity index (χ1) is 29.5. The van der Waals surface area contributed by atoms with Crippen LogP contribution in [0, 0.1) is 14.4 Å². The van der Waals surface area contributed by atoms with E-state index in [1.54, 1.807) is 18.7 Å². The van der Waals surface area contributed by atoms with Gasteiger partial charge in [0.15, 0.2) is 11.3 Å². The molecule has 1 aromatic carbocycles. The fraction of sp³-hybridized carbons (Fsp3) is 0.619. The monoisotopic (exact) mass is 1050 g/mol. The number of halogens is 3. The number of rotatable bonds is 8. The summed E-state index contributed by atoms with van der Waals surface area (Å²) in [4.78, 5) is 15.8. The van der Waals surface area contributed by atoms with Gasteiger partial charge in [0.2, 0.25) is 11.9 Å². The van der Waals surface area contributed by atoms with Crippen molar-refractivity contribution in [3.05, 3.63) is 56.9 Å². The highest BCUT2D eigenvalue weighted by atomic mass is 127. The minimum atomic E-state index is -1.05. The molecule has 2 N–H and O–H groups in total. The van der Waals surface area contributed by atoms with Gasteiger partial charge in [-0.15, -0.1) is 20.4 Å². The van der Waals surface area contributed by atoms with Gasteiger partial charge in [0, 0.05) is 55.6 Å². The Morgan fingerprint density at radius 1 is 0.710 bits per heavy atom. The number of nitrogens with zero attached hydrogens (tertiary/aromatic N) is 10. The lowest BCUT2D eigenvalue weighted by Crippen LogP contribution is -2.51. The quantitative estimate of drug-likeness (QED) is 0.144. The zero-order chi connectivity index (χ0) is 44.0. The van der Waals surface area contributed by atoms with Crippen LogP contribution >= 0.6 is 57.6 Å². The molecule has 336 valence electrons. The maximum atomic E-state index is 12.8. The standard InChI is InChI=1S/C24H30Cl2N6OS2.C18H27IN6OS/c1-23(2,3)35(33)30-19-8-5-9-24(19)10-12-31(13-11-24)22-27-14-18(21-29-28-15-32(21)22)34-17-7-4-6-16(25)20(17)26;1-17(2,3)27(26)23-14-5-4-6-18(14)7-9-24(10-8-18)16-20-11-13(19)15-22-21-12-25(15)16/h4,6-7,14-15,19,30H,5,8-13H2,1-3H3;11-12,14,23H,4-10H2,1-3H3/t19-,35-;14-,27-/m11/s1. The van der Waals surface area contributed by atoms with Crippen LogP contribution in [0.2, 0.25) is 10.0 Å². The van der Waals surface area contributed by atoms with Gasteiger partial charge in [-0.3, -0.25) is 4.40 Å². The van der Waals surface area contributed by atoms with E-state index in [0.717, 1.165) is 101 Å². The van der Waals surface area contributed by atoms with E-state index in [4.69, 9.17) is 28.2 Å². The first-order valence-corrected chi connectivity index (χ1v) is 26.4. The number of benzene rings is 1. The fourth-order valence-corrected chi connectivity index (χ4v) is 13.4. The van der Waals surface area contributed by atoms with Crippen LogP contribution in [-0.2, 0) is 22.0 Å². The molecule has 20 heteroatoms. The van der Waals surface area contributed by atoms with Crippen molar-refractivity contribution in [2.24, 2.45) is 10.8 Å². The minimum Gasteiger partial charge on any atom is -0.342 e. The van der Waals surface area contributed by atoms with Crippen LogP contribution in [0.4, 0.5) is 11.9 Å². The molecule has 9 rings (SSSR count). The number of anilines is 2. The summed E-state index contributed by atoms with van der Waals surface area (Å²) in [5.74, 6) is 1.77. The summed E-state index contributed by atoms with van der Waals surface area (Å²) in [5, 5.41) is 17.8. The third kappa shape index (κ3) is 9.54. The molecule has 2 spiro atoms. The molecule has 6 heterocycles. The second-order valence-corrected chi connectivity index (χ2v) is 26.1. The van der Waals surface area contributed by atoms with E-state index in [1.165, 1.54) is 37.4 Å². The maximum Gasteiger partial charge on any atom is 0.212 e. The number of aromatic nitrogens is 8. The van der Waals surface area contributed by atoms with Gasteiger partial charge < -0.3 is 9.80 Å². The van der Waals surface area contributed by atoms with Gasteiger partial charge >= 0.3 is 0 Å². The smallest absolute Gasteiger partial charge is 0.212 e. The molecule has 2 saturated carbocycles. The lowest BCUT2D eigenvalue weighted by atomic mass is 9.74. The summed E-state index contributed by atoms with van der Waals surface area (Å²) >= 11 is 16.3. The van der Waals surface area contributed by atoms with Gasteiger partial charge in [-0.2, -0.15) is 0 Å². The molecule has 4 aliphatic rings. The first kappa shape index (κ1) is 46.3. The van der Waals surface area contributed by atoms with Gasteiger partial charge in [0.05, 0.1) is 50.0 Å². The summed E-state index contributed by atoms with van der Waals surface area (Å²) in [6, 6.07) is 6.23. The summed E-state index contributed by atoms with van der Waals surface area (Å²) in [5.41, 5.74) is 2.06. The predicted octanol–water partition coefficient (Wildman–Crippen LogP) is 8.69. The minimum absolute atomic E-state index is 0.197. The lowest BCUT2D eigenvalue weighted by Gasteiger charge is -2.44. The molecule has 0 bridgehead atoms. The first-order valence-electron chi connectivity index (χ1n) is 21.5. The summed E-state index contributed by atoms with van der Waals surface area (Å²) in [6.07, 6.45) is 18.5. The lowest BCUT2D eigenvalue weighted by molar-refractivity contribution is 0.187. The molecule has 0 amide bonds. The van der Waals surface area contributed by atoms with Crippen LogP contribution in [0.15, 0.2) is 53.0 Å². The van der Waals surface area contributed by atoms with Gasteiger partial charge in [-0.25, -0.2) is 32.2 Å². The average Bonchev–Trinajstić information content (AvgIpc) is 4.07.